The number of methoxy groups -OCH3 is 1. The molecule has 1 aromatic heterocycles. The molecule has 1 aromatic carbocycles. The second-order valence-electron chi connectivity index (χ2n) is 8.11. The topological polar surface area (TPSA) is 96.7 Å². The maximum Gasteiger partial charge on any atom is 0.353 e. The van der Waals surface area contributed by atoms with Crippen LogP contribution < -0.4 is 19.9 Å². The molecule has 0 radical (unpaired) electrons. The summed E-state index contributed by atoms with van der Waals surface area (Å²) in [6, 6.07) is 7.95. The van der Waals surface area contributed by atoms with Crippen LogP contribution in [0.2, 0.25) is 0 Å². The Morgan fingerprint density at radius 2 is 1.84 bits per heavy atom. The van der Waals surface area contributed by atoms with Crippen LogP contribution in [-0.2, 0) is 0 Å². The van der Waals surface area contributed by atoms with Crippen LogP contribution in [0.3, 0.4) is 0 Å². The normalized spacial score (nSPS) is 16.5. The largest absolute Gasteiger partial charge is 0.497 e. The molecule has 0 saturated carbocycles. The van der Waals surface area contributed by atoms with E-state index in [1.807, 2.05) is 29.2 Å². The molecule has 2 heterocycles. The minimum atomic E-state index is -0.368. The predicted octanol–water partition coefficient (Wildman–Crippen LogP) is 4.02. The van der Waals surface area contributed by atoms with Gasteiger partial charge in [-0.05, 0) is 56.4 Å². The quantitative estimate of drug-likeness (QED) is 0.375. The molecule has 0 atom stereocenters. The molecule has 1 saturated heterocycles. The SMILES string of the molecule is COc1ccc(N2CCN(c3ncnc(NCCC4=CCCCC4)c3[N+](=O)[O-])CC2)cc1. The van der Waals surface area contributed by atoms with Crippen LogP contribution in [0.4, 0.5) is 23.0 Å². The van der Waals surface area contributed by atoms with Gasteiger partial charge >= 0.3 is 5.69 Å². The predicted molar refractivity (Wildman–Crippen MR) is 126 cm³/mol. The second-order valence-corrected chi connectivity index (χ2v) is 8.11. The number of anilines is 3. The Morgan fingerprint density at radius 3 is 2.50 bits per heavy atom. The van der Waals surface area contributed by atoms with E-state index in [-0.39, 0.29) is 10.6 Å². The van der Waals surface area contributed by atoms with E-state index >= 15 is 0 Å². The molecule has 9 heteroatoms. The standard InChI is InChI=1S/C23H30N6O3/c1-32-20-9-7-19(8-10-20)27-13-15-28(16-14-27)23-21(29(30)31)22(25-17-26-23)24-12-11-18-5-3-2-4-6-18/h5,7-10,17H,2-4,6,11-16H2,1H3,(H,24,25,26). The summed E-state index contributed by atoms with van der Waals surface area (Å²) in [5.41, 5.74) is 2.50. The average Bonchev–Trinajstić information content (AvgIpc) is 2.84. The molecule has 0 spiro atoms. The lowest BCUT2D eigenvalue weighted by atomic mass is 9.97. The zero-order valence-electron chi connectivity index (χ0n) is 18.5. The van der Waals surface area contributed by atoms with Crippen LogP contribution in [-0.4, -0.2) is 54.7 Å². The Balaban J connectivity index is 1.42. The van der Waals surface area contributed by atoms with Crippen molar-refractivity contribution >= 4 is 23.0 Å². The smallest absolute Gasteiger partial charge is 0.353 e. The van der Waals surface area contributed by atoms with Crippen molar-refractivity contribution in [2.24, 2.45) is 0 Å². The van der Waals surface area contributed by atoms with Crippen LogP contribution in [0.1, 0.15) is 32.1 Å². The maximum absolute atomic E-state index is 11.9. The molecule has 1 fully saturated rings. The summed E-state index contributed by atoms with van der Waals surface area (Å²) in [5, 5.41) is 15.1. The van der Waals surface area contributed by atoms with Crippen LogP contribution in [0, 0.1) is 10.1 Å². The fraction of sp³-hybridized carbons (Fsp3) is 0.478. The van der Waals surface area contributed by atoms with Gasteiger partial charge in [-0.2, -0.15) is 0 Å². The van der Waals surface area contributed by atoms with Gasteiger partial charge in [0.1, 0.15) is 12.1 Å². The van der Waals surface area contributed by atoms with E-state index in [1.165, 1.54) is 24.7 Å². The van der Waals surface area contributed by atoms with Gasteiger partial charge in [-0.25, -0.2) is 9.97 Å². The van der Waals surface area contributed by atoms with Crippen molar-refractivity contribution in [1.82, 2.24) is 9.97 Å². The Labute approximate surface area is 188 Å². The molecule has 170 valence electrons. The van der Waals surface area contributed by atoms with Crippen LogP contribution in [0.25, 0.3) is 0 Å². The highest BCUT2D eigenvalue weighted by molar-refractivity contribution is 5.70. The fourth-order valence-corrected chi connectivity index (χ4v) is 4.34. The third kappa shape index (κ3) is 5.09. The molecule has 32 heavy (non-hydrogen) atoms. The number of nitro groups is 1. The average molecular weight is 439 g/mol. The van der Waals surface area contributed by atoms with Crippen LogP contribution >= 0.6 is 0 Å². The van der Waals surface area contributed by atoms with Crippen molar-refractivity contribution in [1.29, 1.82) is 0 Å². The summed E-state index contributed by atoms with van der Waals surface area (Å²) in [7, 11) is 1.65. The molecule has 0 bridgehead atoms. The number of piperazine rings is 1. The maximum atomic E-state index is 11.9. The number of benzene rings is 1. The van der Waals surface area contributed by atoms with Gasteiger partial charge in [0.15, 0.2) is 0 Å². The third-order valence-electron chi connectivity index (χ3n) is 6.13. The number of ether oxygens (including phenoxy) is 1. The van der Waals surface area contributed by atoms with Crippen molar-refractivity contribution < 1.29 is 9.66 Å². The molecule has 1 aliphatic heterocycles. The number of nitrogens with one attached hydrogen (secondary N) is 1. The number of nitrogens with zero attached hydrogens (tertiary/aromatic N) is 5. The Bertz CT molecular complexity index is 955. The van der Waals surface area contributed by atoms with Crippen molar-refractivity contribution in [3.05, 3.63) is 52.4 Å². The monoisotopic (exact) mass is 438 g/mol. The lowest BCUT2D eigenvalue weighted by Crippen LogP contribution is -2.47. The van der Waals surface area contributed by atoms with Gasteiger partial charge in [0.05, 0.1) is 12.0 Å². The van der Waals surface area contributed by atoms with E-state index in [4.69, 9.17) is 4.74 Å². The molecular weight excluding hydrogens is 408 g/mol. The summed E-state index contributed by atoms with van der Waals surface area (Å²) in [6.07, 6.45) is 9.34. The van der Waals surface area contributed by atoms with E-state index in [1.54, 1.807) is 7.11 Å². The van der Waals surface area contributed by atoms with Crippen LogP contribution in [0.5, 0.6) is 5.75 Å². The first-order chi connectivity index (χ1) is 15.7. The molecule has 9 nitrogen and oxygen atoms in total. The number of aromatic nitrogens is 2. The first-order valence-electron chi connectivity index (χ1n) is 11.2. The second kappa shape index (κ2) is 10.3. The van der Waals surface area contributed by atoms with Gasteiger partial charge in [-0.1, -0.05) is 11.6 Å². The van der Waals surface area contributed by atoms with Crippen molar-refractivity contribution in [3.8, 4) is 5.75 Å². The number of hydrogen-bond donors (Lipinski definition) is 1. The summed E-state index contributed by atoms with van der Waals surface area (Å²) >= 11 is 0. The molecule has 0 unspecified atom stereocenters. The Morgan fingerprint density at radius 1 is 1.09 bits per heavy atom. The Kier molecular flexibility index (Phi) is 7.03. The van der Waals surface area contributed by atoms with Crippen molar-refractivity contribution in [2.45, 2.75) is 32.1 Å². The van der Waals surface area contributed by atoms with Gasteiger partial charge in [0.25, 0.3) is 0 Å². The highest BCUT2D eigenvalue weighted by Crippen LogP contribution is 2.33. The summed E-state index contributed by atoms with van der Waals surface area (Å²) in [5.74, 6) is 1.51. The number of allylic oxidation sites excluding steroid dienone is 1. The van der Waals surface area contributed by atoms with Crippen molar-refractivity contribution in [3.63, 3.8) is 0 Å². The summed E-state index contributed by atoms with van der Waals surface area (Å²) in [6.45, 7) is 3.44. The zero-order valence-corrected chi connectivity index (χ0v) is 18.5. The number of rotatable bonds is 8. The first-order valence-corrected chi connectivity index (χ1v) is 11.2. The molecular formula is C23H30N6O3. The molecule has 4 rings (SSSR count). The van der Waals surface area contributed by atoms with Gasteiger partial charge in [-0.15, -0.1) is 0 Å². The van der Waals surface area contributed by atoms with E-state index in [0.29, 0.717) is 31.3 Å². The summed E-state index contributed by atoms with van der Waals surface area (Å²) in [4.78, 5) is 24.3. The van der Waals surface area contributed by atoms with Gasteiger partial charge < -0.3 is 19.9 Å². The van der Waals surface area contributed by atoms with Gasteiger partial charge in [0.2, 0.25) is 11.6 Å². The van der Waals surface area contributed by atoms with E-state index in [2.05, 4.69) is 26.3 Å². The summed E-state index contributed by atoms with van der Waals surface area (Å²) < 4.78 is 5.23. The number of hydrogen-bond acceptors (Lipinski definition) is 8. The van der Waals surface area contributed by atoms with E-state index in [0.717, 1.165) is 43.8 Å². The van der Waals surface area contributed by atoms with Gasteiger partial charge in [0, 0.05) is 38.4 Å². The molecule has 1 aliphatic carbocycles. The molecule has 1 N–H and O–H groups in total. The van der Waals surface area contributed by atoms with Crippen LogP contribution in [0.15, 0.2) is 42.2 Å². The molecule has 2 aliphatic rings. The zero-order chi connectivity index (χ0) is 22.3. The van der Waals surface area contributed by atoms with Gasteiger partial charge in [-0.3, -0.25) is 10.1 Å². The highest BCUT2D eigenvalue weighted by atomic mass is 16.6. The Hall–Kier alpha value is -3.36. The minimum Gasteiger partial charge on any atom is -0.497 e. The minimum absolute atomic E-state index is 0.0389. The van der Waals surface area contributed by atoms with E-state index < -0.39 is 0 Å². The lowest BCUT2D eigenvalue weighted by Gasteiger charge is -2.36. The van der Waals surface area contributed by atoms with Crippen molar-refractivity contribution in [2.75, 3.05) is 55.0 Å². The highest BCUT2D eigenvalue weighted by Gasteiger charge is 2.29. The fourth-order valence-electron chi connectivity index (χ4n) is 4.34. The first kappa shape index (κ1) is 21.9. The van der Waals surface area contributed by atoms with E-state index in [9.17, 15) is 10.1 Å². The molecule has 0 amide bonds. The molecule has 2 aromatic rings. The third-order valence-corrected chi connectivity index (χ3v) is 6.13. The lowest BCUT2D eigenvalue weighted by molar-refractivity contribution is -0.383.